The fourth-order valence-corrected chi connectivity index (χ4v) is 3.44. The molecule has 0 unspecified atom stereocenters. The molecule has 1 aromatic heterocycles. The number of alkyl halides is 2. The first-order valence-electron chi connectivity index (χ1n) is 11.6. The number of amidine groups is 1. The van der Waals surface area contributed by atoms with E-state index in [4.69, 9.17) is 9.26 Å². The Morgan fingerprint density at radius 2 is 1.89 bits per heavy atom. The molecule has 0 atom stereocenters. The molecular formula is C27H27F4N5O2. The van der Waals surface area contributed by atoms with Crippen LogP contribution in [-0.2, 0) is 6.42 Å². The summed E-state index contributed by atoms with van der Waals surface area (Å²) in [5, 5.41) is 3.95. The third-order valence-electron chi connectivity index (χ3n) is 5.49. The van der Waals surface area contributed by atoms with Crippen LogP contribution in [0, 0.1) is 11.6 Å². The lowest BCUT2D eigenvalue weighted by atomic mass is 10.1. The van der Waals surface area contributed by atoms with Crippen molar-refractivity contribution in [2.24, 2.45) is 15.0 Å². The number of aliphatic imine (C=N–C) groups is 3. The van der Waals surface area contributed by atoms with Crippen molar-refractivity contribution in [1.29, 1.82) is 0 Å². The van der Waals surface area contributed by atoms with Gasteiger partial charge in [-0.15, -0.1) is 0 Å². The second-order valence-electron chi connectivity index (χ2n) is 7.90. The van der Waals surface area contributed by atoms with Crippen LogP contribution in [0.4, 0.5) is 23.2 Å². The summed E-state index contributed by atoms with van der Waals surface area (Å²) in [6.07, 6.45) is 4.02. The fraction of sp³-hybridized carbons (Fsp3) is 0.259. The molecule has 38 heavy (non-hydrogen) atoms. The molecule has 2 aromatic carbocycles. The van der Waals surface area contributed by atoms with Crippen LogP contribution >= 0.6 is 0 Å². The van der Waals surface area contributed by atoms with Gasteiger partial charge in [-0.1, -0.05) is 30.3 Å². The second kappa shape index (κ2) is 12.8. The minimum Gasteiger partial charge on any atom is -0.495 e. The molecule has 0 bridgehead atoms. The van der Waals surface area contributed by atoms with Gasteiger partial charge in [0.05, 0.1) is 24.1 Å². The van der Waals surface area contributed by atoms with Crippen molar-refractivity contribution in [3.05, 3.63) is 77.2 Å². The molecule has 1 aliphatic heterocycles. The summed E-state index contributed by atoms with van der Waals surface area (Å²) in [7, 11) is 4.37. The zero-order valence-corrected chi connectivity index (χ0v) is 21.5. The molecular weight excluding hydrogens is 502 g/mol. The maximum Gasteiger partial charge on any atom is 0.315 e. The molecule has 0 radical (unpaired) electrons. The van der Waals surface area contributed by atoms with Crippen LogP contribution < -0.4 is 9.64 Å². The molecule has 200 valence electrons. The second-order valence-corrected chi connectivity index (χ2v) is 7.90. The Hall–Kier alpha value is -4.28. The molecule has 3 aromatic rings. The van der Waals surface area contributed by atoms with E-state index < -0.39 is 18.2 Å². The number of hydrogen-bond acceptors (Lipinski definition) is 7. The first kappa shape index (κ1) is 28.3. The Kier molecular flexibility index (Phi) is 9.53. The number of ether oxygens (including phenoxy) is 1. The number of halogens is 4. The number of aryl methyl sites for hydroxylation is 1. The summed E-state index contributed by atoms with van der Waals surface area (Å²) in [5.41, 5.74) is 2.93. The molecule has 1 aliphatic rings. The number of allylic oxidation sites excluding steroid dienone is 2. The van der Waals surface area contributed by atoms with Gasteiger partial charge < -0.3 is 14.2 Å². The van der Waals surface area contributed by atoms with Gasteiger partial charge in [-0.05, 0) is 31.2 Å². The summed E-state index contributed by atoms with van der Waals surface area (Å²) in [5.74, 6) is -0.552. The third-order valence-corrected chi connectivity index (χ3v) is 5.49. The Morgan fingerprint density at radius 3 is 2.50 bits per heavy atom. The summed E-state index contributed by atoms with van der Waals surface area (Å²) in [4.78, 5) is 13.0. The summed E-state index contributed by atoms with van der Waals surface area (Å²) < 4.78 is 62.6. The first-order valence-corrected chi connectivity index (χ1v) is 11.6. The molecule has 0 N–H and O–H groups in total. The molecule has 11 heteroatoms. The Balaban J connectivity index is 0.000000212. The molecule has 0 saturated carbocycles. The van der Waals surface area contributed by atoms with Gasteiger partial charge >= 0.3 is 6.55 Å². The van der Waals surface area contributed by atoms with Crippen molar-refractivity contribution < 1.29 is 26.8 Å². The molecule has 0 aliphatic carbocycles. The predicted molar refractivity (Wildman–Crippen MR) is 141 cm³/mol. The quantitative estimate of drug-likeness (QED) is 0.203. The van der Waals surface area contributed by atoms with Gasteiger partial charge in [-0.3, -0.25) is 4.99 Å². The predicted octanol–water partition coefficient (Wildman–Crippen LogP) is 6.34. The van der Waals surface area contributed by atoms with Crippen LogP contribution in [0.1, 0.15) is 25.2 Å². The summed E-state index contributed by atoms with van der Waals surface area (Å²) in [6, 6.07) is 10.7. The average Bonchev–Trinajstić information content (AvgIpc) is 3.57. The van der Waals surface area contributed by atoms with Crippen LogP contribution in [0.3, 0.4) is 0 Å². The van der Waals surface area contributed by atoms with Crippen LogP contribution in [0.25, 0.3) is 11.3 Å². The highest BCUT2D eigenvalue weighted by atomic mass is 19.3. The van der Waals surface area contributed by atoms with Gasteiger partial charge in [0.2, 0.25) is 0 Å². The summed E-state index contributed by atoms with van der Waals surface area (Å²) in [6.45, 7) is 1.17. The smallest absolute Gasteiger partial charge is 0.315 e. The number of methoxy groups -OCH3 is 1. The number of anilines is 1. The fourth-order valence-electron chi connectivity index (χ4n) is 3.44. The SMILES string of the molecule is C/C=C1/N=C(c2cccc(F)c2F)N=C1C=NC.CCc1cc(-c2ccc(N(C)C(F)F)c(OC)c2)no1. The third kappa shape index (κ3) is 6.34. The zero-order valence-electron chi connectivity index (χ0n) is 21.5. The van der Waals surface area contributed by atoms with Crippen molar-refractivity contribution in [1.82, 2.24) is 5.16 Å². The van der Waals surface area contributed by atoms with E-state index in [1.54, 1.807) is 38.2 Å². The number of nitrogens with zero attached hydrogens (tertiary/aromatic N) is 5. The van der Waals surface area contributed by atoms with Crippen LogP contribution in [0.15, 0.2) is 73.7 Å². The molecule has 4 rings (SSSR count). The summed E-state index contributed by atoms with van der Waals surface area (Å²) >= 11 is 0. The van der Waals surface area contributed by atoms with Crippen molar-refractivity contribution in [2.75, 3.05) is 26.1 Å². The number of hydrogen-bond donors (Lipinski definition) is 0. The lowest BCUT2D eigenvalue weighted by Gasteiger charge is -2.20. The van der Waals surface area contributed by atoms with Crippen molar-refractivity contribution in [2.45, 2.75) is 26.8 Å². The maximum atomic E-state index is 13.6. The lowest BCUT2D eigenvalue weighted by molar-refractivity contribution is 0.148. The molecule has 0 fully saturated rings. The van der Waals surface area contributed by atoms with Gasteiger partial charge in [0, 0.05) is 38.4 Å². The number of rotatable bonds is 7. The molecule has 0 amide bonds. The lowest BCUT2D eigenvalue weighted by Crippen LogP contribution is -2.23. The van der Waals surface area contributed by atoms with E-state index in [0.29, 0.717) is 28.5 Å². The van der Waals surface area contributed by atoms with Crippen LogP contribution in [-0.4, -0.2) is 50.7 Å². The highest BCUT2D eigenvalue weighted by Crippen LogP contribution is 2.34. The Bertz CT molecular complexity index is 1400. The highest BCUT2D eigenvalue weighted by molar-refractivity contribution is 6.42. The minimum atomic E-state index is -2.59. The molecule has 2 heterocycles. The molecule has 7 nitrogen and oxygen atoms in total. The van der Waals surface area contributed by atoms with E-state index in [2.05, 4.69) is 20.1 Å². The highest BCUT2D eigenvalue weighted by Gasteiger charge is 2.20. The zero-order chi connectivity index (χ0) is 27.8. The van der Waals surface area contributed by atoms with Gasteiger partial charge in [0.1, 0.15) is 22.9 Å². The largest absolute Gasteiger partial charge is 0.495 e. The van der Waals surface area contributed by atoms with E-state index in [0.717, 1.165) is 28.7 Å². The van der Waals surface area contributed by atoms with Gasteiger partial charge in [-0.2, -0.15) is 8.78 Å². The van der Waals surface area contributed by atoms with Gasteiger partial charge in [-0.25, -0.2) is 18.8 Å². The van der Waals surface area contributed by atoms with Crippen molar-refractivity contribution in [3.8, 4) is 17.0 Å². The van der Waals surface area contributed by atoms with Crippen molar-refractivity contribution >= 4 is 23.4 Å². The van der Waals surface area contributed by atoms with E-state index in [-0.39, 0.29) is 11.4 Å². The molecule has 0 spiro atoms. The standard InChI is InChI=1S/C14H16F2N2O2.C13H11F2N3/c1-4-10-8-11(17-20-10)9-5-6-12(13(7-9)19-3)18(2)14(15)16;1-3-10-11(7-16-2)18-13(17-10)8-5-4-6-9(14)12(8)15/h5-8,14H,4H2,1-3H3;3-7H,1-2H3/b;10-3+,16-7?. The maximum absolute atomic E-state index is 13.6. The van der Waals surface area contributed by atoms with E-state index in [9.17, 15) is 17.6 Å². The number of aromatic nitrogens is 1. The average molecular weight is 530 g/mol. The minimum absolute atomic E-state index is 0.0499. The first-order chi connectivity index (χ1) is 18.2. The van der Waals surface area contributed by atoms with Crippen molar-refractivity contribution in [3.63, 3.8) is 0 Å². The van der Waals surface area contributed by atoms with E-state index in [1.807, 2.05) is 13.0 Å². The van der Waals surface area contributed by atoms with E-state index in [1.165, 1.54) is 32.5 Å². The van der Waals surface area contributed by atoms with Crippen LogP contribution in [0.5, 0.6) is 5.75 Å². The monoisotopic (exact) mass is 529 g/mol. The van der Waals surface area contributed by atoms with Gasteiger partial charge in [0.25, 0.3) is 0 Å². The van der Waals surface area contributed by atoms with Gasteiger partial charge in [0.15, 0.2) is 17.5 Å². The number of benzene rings is 2. The normalized spacial score (nSPS) is 14.0. The van der Waals surface area contributed by atoms with E-state index >= 15 is 0 Å². The Labute approximate surface area is 217 Å². The Morgan fingerprint density at radius 1 is 1.13 bits per heavy atom. The topological polar surface area (TPSA) is 75.6 Å². The molecule has 0 saturated heterocycles. The van der Waals surface area contributed by atoms with Crippen LogP contribution in [0.2, 0.25) is 0 Å².